The Labute approximate surface area is 182 Å². The van der Waals surface area contributed by atoms with Crippen LogP contribution in [0.1, 0.15) is 68.2 Å². The summed E-state index contributed by atoms with van der Waals surface area (Å²) >= 11 is 0. The van der Waals surface area contributed by atoms with Crippen molar-refractivity contribution < 1.29 is 4.74 Å². The third-order valence-corrected chi connectivity index (χ3v) is 7.05. The van der Waals surface area contributed by atoms with Gasteiger partial charge in [0.1, 0.15) is 5.75 Å². The number of ether oxygens (including phenoxy) is 1. The maximum atomic E-state index is 5.80. The van der Waals surface area contributed by atoms with Gasteiger partial charge in [0.25, 0.3) is 0 Å². The summed E-state index contributed by atoms with van der Waals surface area (Å²) in [4.78, 5) is 7.47. The topological polar surface area (TPSA) is 37.4 Å². The summed E-state index contributed by atoms with van der Waals surface area (Å²) in [5, 5.41) is 3.52. The summed E-state index contributed by atoms with van der Waals surface area (Å²) in [5.41, 5.74) is 2.59. The number of aromatic nitrogens is 1. The van der Waals surface area contributed by atoms with E-state index in [-0.39, 0.29) is 0 Å². The Morgan fingerprint density at radius 2 is 1.80 bits per heavy atom. The van der Waals surface area contributed by atoms with Crippen LogP contribution in [0.5, 0.6) is 5.75 Å². The van der Waals surface area contributed by atoms with E-state index in [0.717, 1.165) is 44.3 Å². The quantitative estimate of drug-likeness (QED) is 0.654. The van der Waals surface area contributed by atoms with Gasteiger partial charge in [0.15, 0.2) is 0 Å². The number of hydrogen-bond acceptors (Lipinski definition) is 4. The monoisotopic (exact) mass is 407 g/mol. The molecule has 1 aliphatic heterocycles. The molecule has 4 nitrogen and oxygen atoms in total. The van der Waals surface area contributed by atoms with Crippen molar-refractivity contribution in [3.63, 3.8) is 0 Å². The van der Waals surface area contributed by atoms with Gasteiger partial charge in [-0.25, -0.2) is 0 Å². The number of pyridine rings is 1. The molecule has 2 fully saturated rings. The molecular weight excluding hydrogens is 370 g/mol. The molecule has 30 heavy (non-hydrogen) atoms. The highest BCUT2D eigenvalue weighted by Gasteiger charge is 2.30. The molecule has 0 radical (unpaired) electrons. The van der Waals surface area contributed by atoms with E-state index < -0.39 is 0 Å². The normalized spacial score (nSPS) is 20.6. The van der Waals surface area contributed by atoms with Gasteiger partial charge >= 0.3 is 0 Å². The average Bonchev–Trinajstić information content (AvgIpc) is 2.83. The Kier molecular flexibility index (Phi) is 7.76. The summed E-state index contributed by atoms with van der Waals surface area (Å²) in [7, 11) is 1.80. The lowest BCUT2D eigenvalue weighted by Crippen LogP contribution is -2.45. The molecule has 4 heteroatoms. The summed E-state index contributed by atoms with van der Waals surface area (Å²) in [6.07, 6.45) is 11.3. The summed E-state index contributed by atoms with van der Waals surface area (Å²) < 4.78 is 5.80. The average molecular weight is 408 g/mol. The first-order valence-corrected chi connectivity index (χ1v) is 11.8. The van der Waals surface area contributed by atoms with Crippen LogP contribution in [-0.2, 0) is 0 Å². The van der Waals surface area contributed by atoms with Crippen LogP contribution in [0.2, 0.25) is 0 Å². The number of rotatable bonds is 8. The Morgan fingerprint density at radius 1 is 1.03 bits per heavy atom. The second kappa shape index (κ2) is 10.9. The molecule has 2 atom stereocenters. The minimum Gasteiger partial charge on any atom is -0.496 e. The summed E-state index contributed by atoms with van der Waals surface area (Å²) in [6, 6.07) is 15.4. The van der Waals surface area contributed by atoms with Crippen LogP contribution in [0.3, 0.4) is 0 Å². The van der Waals surface area contributed by atoms with Crippen molar-refractivity contribution >= 4 is 0 Å². The number of nitrogens with zero attached hydrogens (tertiary/aromatic N) is 2. The Balaban J connectivity index is 1.62. The van der Waals surface area contributed by atoms with E-state index in [2.05, 4.69) is 46.6 Å². The molecule has 1 aromatic carbocycles. The van der Waals surface area contributed by atoms with E-state index in [0.29, 0.717) is 12.0 Å². The highest BCUT2D eigenvalue weighted by Crippen LogP contribution is 2.41. The van der Waals surface area contributed by atoms with E-state index in [1.807, 2.05) is 12.3 Å². The second-order valence-corrected chi connectivity index (χ2v) is 8.97. The highest BCUT2D eigenvalue weighted by molar-refractivity contribution is 5.36. The molecule has 162 valence electrons. The highest BCUT2D eigenvalue weighted by atomic mass is 16.5. The zero-order chi connectivity index (χ0) is 20.6. The molecule has 0 bridgehead atoms. The standard InChI is InChI=1S/C26H37N3O/c1-30-26-13-6-5-11-23(26)25(29-17-15-27-16-18-29)20-22(24-12-7-8-14-28-24)19-21-9-3-2-4-10-21/h5-8,11-14,21-22,25,27H,2-4,9-10,15-20H2,1H3. The summed E-state index contributed by atoms with van der Waals surface area (Å²) in [6.45, 7) is 4.28. The maximum Gasteiger partial charge on any atom is 0.123 e. The van der Waals surface area contributed by atoms with Gasteiger partial charge in [-0.2, -0.15) is 0 Å². The zero-order valence-electron chi connectivity index (χ0n) is 18.4. The molecule has 2 unspecified atom stereocenters. The number of methoxy groups -OCH3 is 1. The van der Waals surface area contributed by atoms with Crippen molar-refractivity contribution in [1.29, 1.82) is 0 Å². The lowest BCUT2D eigenvalue weighted by atomic mass is 9.78. The van der Waals surface area contributed by atoms with E-state index in [1.54, 1.807) is 7.11 Å². The van der Waals surface area contributed by atoms with Crippen molar-refractivity contribution in [2.24, 2.45) is 5.92 Å². The largest absolute Gasteiger partial charge is 0.496 e. The van der Waals surface area contributed by atoms with Gasteiger partial charge in [0, 0.05) is 55.6 Å². The smallest absolute Gasteiger partial charge is 0.123 e. The van der Waals surface area contributed by atoms with Gasteiger partial charge in [-0.1, -0.05) is 56.4 Å². The lowest BCUT2D eigenvalue weighted by molar-refractivity contribution is 0.149. The third-order valence-electron chi connectivity index (χ3n) is 7.05. The van der Waals surface area contributed by atoms with E-state index >= 15 is 0 Å². The molecule has 1 aromatic heterocycles. The van der Waals surface area contributed by atoms with Gasteiger partial charge in [0.2, 0.25) is 0 Å². The summed E-state index contributed by atoms with van der Waals surface area (Å²) in [5.74, 6) is 2.34. The number of piperazine rings is 1. The molecule has 1 saturated heterocycles. The van der Waals surface area contributed by atoms with Crippen LogP contribution in [0.15, 0.2) is 48.7 Å². The SMILES string of the molecule is COc1ccccc1C(CC(CC1CCCCC1)c1ccccn1)N1CCNCC1. The van der Waals surface area contributed by atoms with Crippen LogP contribution >= 0.6 is 0 Å². The number of benzene rings is 1. The molecular formula is C26H37N3O. The van der Waals surface area contributed by atoms with Gasteiger partial charge in [0.05, 0.1) is 7.11 Å². The fourth-order valence-corrected chi connectivity index (χ4v) is 5.46. The van der Waals surface area contributed by atoms with Crippen molar-refractivity contribution in [3.8, 4) is 5.75 Å². The van der Waals surface area contributed by atoms with Crippen LogP contribution in [0, 0.1) is 5.92 Å². The fourth-order valence-electron chi connectivity index (χ4n) is 5.46. The third kappa shape index (κ3) is 5.41. The molecule has 1 N–H and O–H groups in total. The first-order chi connectivity index (χ1) is 14.8. The van der Waals surface area contributed by atoms with Gasteiger partial charge in [-0.05, 0) is 37.0 Å². The van der Waals surface area contributed by atoms with Crippen molar-refractivity contribution in [3.05, 3.63) is 59.9 Å². The first-order valence-electron chi connectivity index (χ1n) is 11.8. The van der Waals surface area contributed by atoms with Crippen LogP contribution < -0.4 is 10.1 Å². The Hall–Kier alpha value is -1.91. The minimum atomic E-state index is 0.360. The van der Waals surface area contributed by atoms with Crippen molar-refractivity contribution in [2.45, 2.75) is 56.9 Å². The van der Waals surface area contributed by atoms with Crippen LogP contribution in [0.25, 0.3) is 0 Å². The van der Waals surface area contributed by atoms with E-state index in [1.165, 1.54) is 49.8 Å². The maximum absolute atomic E-state index is 5.80. The zero-order valence-corrected chi connectivity index (χ0v) is 18.4. The predicted molar refractivity (Wildman–Crippen MR) is 123 cm³/mol. The van der Waals surface area contributed by atoms with Gasteiger partial charge < -0.3 is 10.1 Å². The predicted octanol–water partition coefficient (Wildman–Crippen LogP) is 5.18. The lowest BCUT2D eigenvalue weighted by Gasteiger charge is -2.38. The molecule has 2 aliphatic rings. The van der Waals surface area contributed by atoms with Crippen molar-refractivity contribution in [2.75, 3.05) is 33.3 Å². The fraction of sp³-hybridized carbons (Fsp3) is 0.577. The van der Waals surface area contributed by atoms with E-state index in [4.69, 9.17) is 9.72 Å². The number of nitrogens with one attached hydrogen (secondary N) is 1. The van der Waals surface area contributed by atoms with Gasteiger partial charge in [-0.3, -0.25) is 9.88 Å². The van der Waals surface area contributed by atoms with Crippen molar-refractivity contribution in [1.82, 2.24) is 15.2 Å². The molecule has 1 aliphatic carbocycles. The Morgan fingerprint density at radius 3 is 2.53 bits per heavy atom. The second-order valence-electron chi connectivity index (χ2n) is 8.97. The number of para-hydroxylation sites is 1. The Bertz CT molecular complexity index is 754. The van der Waals surface area contributed by atoms with Crippen LogP contribution in [-0.4, -0.2) is 43.2 Å². The molecule has 1 saturated carbocycles. The molecule has 4 rings (SSSR count). The molecule has 0 spiro atoms. The minimum absolute atomic E-state index is 0.360. The van der Waals surface area contributed by atoms with E-state index in [9.17, 15) is 0 Å². The molecule has 2 aromatic rings. The first kappa shape index (κ1) is 21.3. The van der Waals surface area contributed by atoms with Crippen LogP contribution in [0.4, 0.5) is 0 Å². The molecule has 2 heterocycles. The van der Waals surface area contributed by atoms with Gasteiger partial charge in [-0.15, -0.1) is 0 Å². The molecule has 0 amide bonds. The number of hydrogen-bond donors (Lipinski definition) is 1.